The lowest BCUT2D eigenvalue weighted by molar-refractivity contribution is -0.687. The van der Waals surface area contributed by atoms with E-state index in [1.54, 1.807) is 0 Å². The van der Waals surface area contributed by atoms with Crippen LogP contribution in [0.4, 0.5) is 28.6 Å². The summed E-state index contributed by atoms with van der Waals surface area (Å²) in [5.74, 6) is 0. The Balaban J connectivity index is 0.000000431. The number of benzene rings is 2. The van der Waals surface area contributed by atoms with Gasteiger partial charge in [0.2, 0.25) is 11.4 Å². The molecule has 2 heterocycles. The molecule has 0 radical (unpaired) electrons. The first-order chi connectivity index (χ1) is 13.6. The molecule has 29 heavy (non-hydrogen) atoms. The highest BCUT2D eigenvalue weighted by atomic mass is 19.5. The number of halogens is 4. The molecular weight excluding hydrogens is 379 g/mol. The van der Waals surface area contributed by atoms with Crippen molar-refractivity contribution in [1.82, 2.24) is 0 Å². The van der Waals surface area contributed by atoms with Crippen LogP contribution in [0.25, 0.3) is 0 Å². The molecule has 0 saturated heterocycles. The van der Waals surface area contributed by atoms with Gasteiger partial charge < -0.3 is 17.3 Å². The Hall–Kier alpha value is -2.83. The van der Waals surface area contributed by atoms with Gasteiger partial charge in [-0.3, -0.25) is 0 Å². The number of rotatable bonds is 1. The van der Waals surface area contributed by atoms with Crippen LogP contribution in [0.1, 0.15) is 28.1 Å². The van der Waals surface area contributed by atoms with Gasteiger partial charge in [0.05, 0.1) is 0 Å². The van der Waals surface area contributed by atoms with Crippen LogP contribution >= 0.6 is 0 Å². The zero-order valence-electron chi connectivity index (χ0n) is 16.7. The number of aromatic nitrogens is 1. The largest absolute Gasteiger partial charge is 0.673 e. The molecule has 0 atom stereocenters. The summed E-state index contributed by atoms with van der Waals surface area (Å²) in [5.41, 5.74) is 9.17. The zero-order chi connectivity index (χ0) is 21.2. The lowest BCUT2D eigenvalue weighted by Gasteiger charge is -2.22. The molecule has 3 aromatic rings. The van der Waals surface area contributed by atoms with Gasteiger partial charge >= 0.3 is 7.25 Å². The van der Waals surface area contributed by atoms with E-state index in [-0.39, 0.29) is 0 Å². The molecule has 4 rings (SSSR count). The van der Waals surface area contributed by atoms with Gasteiger partial charge in [0, 0.05) is 26.0 Å². The number of fused-ring (bicyclic) bond motifs is 2. The predicted octanol–water partition coefficient (Wildman–Crippen LogP) is 5.90. The van der Waals surface area contributed by atoms with Gasteiger partial charge in [0.25, 0.3) is 0 Å². The number of pyridine rings is 1. The Morgan fingerprint density at radius 1 is 0.724 bits per heavy atom. The van der Waals surface area contributed by atoms with E-state index in [4.69, 9.17) is 0 Å². The van der Waals surface area contributed by atoms with E-state index < -0.39 is 7.25 Å². The zero-order valence-corrected chi connectivity index (χ0v) is 16.7. The summed E-state index contributed by atoms with van der Waals surface area (Å²) in [4.78, 5) is 0. The van der Waals surface area contributed by atoms with Crippen LogP contribution in [0, 0.1) is 20.8 Å². The van der Waals surface area contributed by atoms with E-state index in [9.17, 15) is 17.3 Å². The molecule has 1 aromatic heterocycles. The minimum absolute atomic E-state index is 1.08. The Labute approximate surface area is 168 Å². The smallest absolute Gasteiger partial charge is 0.418 e. The first-order valence-electron chi connectivity index (χ1n) is 9.48. The van der Waals surface area contributed by atoms with E-state index in [0.29, 0.717) is 0 Å². The fourth-order valence-corrected chi connectivity index (χ4v) is 3.89. The molecule has 0 spiro atoms. The number of para-hydroxylation sites is 2. The predicted molar refractivity (Wildman–Crippen MR) is 109 cm³/mol. The maximum absolute atomic E-state index is 9.75. The molecule has 152 valence electrons. The third-order valence-electron chi connectivity index (χ3n) is 4.84. The molecule has 0 bridgehead atoms. The summed E-state index contributed by atoms with van der Waals surface area (Å²) >= 11 is 0. The summed E-state index contributed by atoms with van der Waals surface area (Å²) in [7, 11) is -6.00. The highest BCUT2D eigenvalue weighted by Gasteiger charge is 2.30. The molecule has 0 saturated carbocycles. The van der Waals surface area contributed by atoms with Crippen molar-refractivity contribution in [2.24, 2.45) is 0 Å². The Bertz CT molecular complexity index is 941. The molecule has 1 aliphatic heterocycles. The third kappa shape index (κ3) is 4.97. The van der Waals surface area contributed by atoms with Crippen molar-refractivity contribution in [1.29, 1.82) is 0 Å². The van der Waals surface area contributed by atoms with Crippen molar-refractivity contribution in [2.75, 3.05) is 5.01 Å². The Morgan fingerprint density at radius 2 is 1.10 bits per heavy atom. The van der Waals surface area contributed by atoms with Gasteiger partial charge in [-0.1, -0.05) is 41.1 Å². The van der Waals surface area contributed by atoms with Crippen molar-refractivity contribution in [3.05, 3.63) is 88.7 Å². The van der Waals surface area contributed by atoms with Gasteiger partial charge in [-0.25, -0.2) is 0 Å². The maximum atomic E-state index is 9.75. The van der Waals surface area contributed by atoms with E-state index in [1.165, 1.54) is 39.5 Å². The van der Waals surface area contributed by atoms with Crippen LogP contribution in [0.2, 0.25) is 0 Å². The van der Waals surface area contributed by atoms with Crippen molar-refractivity contribution in [2.45, 2.75) is 33.6 Å². The first-order valence-corrected chi connectivity index (χ1v) is 9.48. The molecular formula is C22H23BF4N2. The van der Waals surface area contributed by atoms with E-state index in [2.05, 4.69) is 91.1 Å². The number of nitrogens with zero attached hydrogens (tertiary/aromatic N) is 2. The quantitative estimate of drug-likeness (QED) is 0.279. The van der Waals surface area contributed by atoms with Crippen molar-refractivity contribution < 1.29 is 21.9 Å². The number of hydrogen-bond acceptors (Lipinski definition) is 1. The molecule has 0 unspecified atom stereocenters. The van der Waals surface area contributed by atoms with Crippen LogP contribution in [-0.4, -0.2) is 7.25 Å². The van der Waals surface area contributed by atoms with Crippen molar-refractivity contribution in [3.8, 4) is 0 Å². The normalized spacial score (nSPS) is 13.0. The molecule has 0 fully saturated rings. The highest BCUT2D eigenvalue weighted by molar-refractivity contribution is 6.50. The molecule has 0 aliphatic carbocycles. The second-order valence-corrected chi connectivity index (χ2v) is 7.19. The summed E-state index contributed by atoms with van der Waals surface area (Å²) in [6.07, 6.45) is 2.16. The summed E-state index contributed by atoms with van der Waals surface area (Å²) < 4.78 is 41.3. The lowest BCUT2D eigenvalue weighted by Crippen LogP contribution is -2.56. The van der Waals surface area contributed by atoms with Gasteiger partial charge in [0.1, 0.15) is 11.4 Å². The molecule has 0 amide bonds. The molecule has 2 aromatic carbocycles. The molecule has 0 N–H and O–H groups in total. The van der Waals surface area contributed by atoms with Crippen molar-refractivity contribution in [3.63, 3.8) is 0 Å². The SMILES string of the molecule is Cc1cc(C)[n+](N2c3ccccc3CCc3ccccc32)c(C)c1.F[B-](F)(F)F. The maximum Gasteiger partial charge on any atom is 0.673 e. The second-order valence-electron chi connectivity index (χ2n) is 7.19. The molecule has 2 nitrogen and oxygen atoms in total. The van der Waals surface area contributed by atoms with Crippen LogP contribution in [0.5, 0.6) is 0 Å². The third-order valence-corrected chi connectivity index (χ3v) is 4.84. The van der Waals surface area contributed by atoms with Crippen LogP contribution in [0.15, 0.2) is 60.7 Å². The van der Waals surface area contributed by atoms with Gasteiger partial charge in [-0.15, -0.1) is 5.01 Å². The van der Waals surface area contributed by atoms with E-state index in [0.717, 1.165) is 12.8 Å². The molecule has 7 heteroatoms. The highest BCUT2D eigenvalue weighted by Crippen LogP contribution is 2.34. The fraction of sp³-hybridized carbons (Fsp3) is 0.227. The monoisotopic (exact) mass is 402 g/mol. The number of anilines is 2. The van der Waals surface area contributed by atoms with Gasteiger partial charge in [-0.2, -0.15) is 0 Å². The average Bonchev–Trinajstić information content (AvgIpc) is 2.78. The summed E-state index contributed by atoms with van der Waals surface area (Å²) in [6, 6.07) is 22.1. The average molecular weight is 402 g/mol. The minimum Gasteiger partial charge on any atom is -0.418 e. The van der Waals surface area contributed by atoms with Crippen LogP contribution in [0.3, 0.4) is 0 Å². The number of hydrogen-bond donors (Lipinski definition) is 0. The number of aryl methyl sites for hydroxylation is 5. The first kappa shape index (κ1) is 20.9. The van der Waals surface area contributed by atoms with Crippen molar-refractivity contribution >= 4 is 18.6 Å². The van der Waals surface area contributed by atoms with Crippen LogP contribution in [-0.2, 0) is 12.8 Å². The topological polar surface area (TPSA) is 7.12 Å². The van der Waals surface area contributed by atoms with E-state index >= 15 is 0 Å². The molecule has 1 aliphatic rings. The summed E-state index contributed by atoms with van der Waals surface area (Å²) in [6.45, 7) is 6.54. The second kappa shape index (κ2) is 8.27. The summed E-state index contributed by atoms with van der Waals surface area (Å²) in [5, 5.41) is 2.39. The minimum atomic E-state index is -6.00. The van der Waals surface area contributed by atoms with Gasteiger partial charge in [-0.05, 0) is 48.6 Å². The fourth-order valence-electron chi connectivity index (χ4n) is 3.89. The van der Waals surface area contributed by atoms with Crippen LogP contribution < -0.4 is 9.69 Å². The standard InChI is InChI=1S/C22H23N2.BF4/c1-16-14-17(2)23(18(3)15-16)24-21-10-6-4-8-19(21)12-13-20-9-5-7-11-22(20)24;2-1(3,4)5/h4-11,14-15H,12-13H2,1-3H3;/q+1;-1. The van der Waals surface area contributed by atoms with Gasteiger partial charge in [0.15, 0.2) is 0 Å². The Kier molecular flexibility index (Phi) is 5.96. The lowest BCUT2D eigenvalue weighted by atomic mass is 10.0. The van der Waals surface area contributed by atoms with E-state index in [1.807, 2.05) is 0 Å². The Morgan fingerprint density at radius 3 is 1.52 bits per heavy atom.